The lowest BCUT2D eigenvalue weighted by atomic mass is 10.2. The quantitative estimate of drug-likeness (QED) is 0.732. The Morgan fingerprint density at radius 3 is 2.32 bits per heavy atom. The van der Waals surface area contributed by atoms with E-state index in [-0.39, 0.29) is 17.2 Å². The van der Waals surface area contributed by atoms with Crippen LogP contribution < -0.4 is 10.9 Å². The molecule has 0 aliphatic carbocycles. The number of benzene rings is 1. The summed E-state index contributed by atoms with van der Waals surface area (Å²) in [5.74, 6) is -1.01. The van der Waals surface area contributed by atoms with E-state index < -0.39 is 22.5 Å². The number of carbonyl (C=O) groups excluding carboxylic acids is 2. The summed E-state index contributed by atoms with van der Waals surface area (Å²) >= 11 is 1.48. The zero-order chi connectivity index (χ0) is 18.4. The number of hydrogen-bond donors (Lipinski definition) is 2. The number of hydrogen-bond acceptors (Lipinski definition) is 5. The number of nitrogens with zero attached hydrogens (tertiary/aromatic N) is 1. The fourth-order valence-electron chi connectivity index (χ4n) is 1.98. The van der Waals surface area contributed by atoms with Gasteiger partial charge in [0.1, 0.15) is 0 Å². The molecule has 1 aromatic carbocycles. The van der Waals surface area contributed by atoms with Gasteiger partial charge in [0, 0.05) is 7.05 Å². The molecular weight excluding hydrogens is 362 g/mol. The van der Waals surface area contributed by atoms with Crippen molar-refractivity contribution in [3.63, 3.8) is 0 Å². The maximum atomic E-state index is 12.4. The molecule has 1 aromatic heterocycles. The second-order valence-corrected chi connectivity index (χ2v) is 8.30. The second-order valence-electron chi connectivity index (χ2n) is 5.48. The summed E-state index contributed by atoms with van der Waals surface area (Å²) in [5.41, 5.74) is 6.27. The predicted molar refractivity (Wildman–Crippen MR) is 95.3 cm³/mol. The number of likely N-dealkylation sites (N-methyl/N-ethyl adjacent to an activating group) is 1. The number of carbonyl (C=O) groups is 2. The fourth-order valence-corrected chi connectivity index (χ4v) is 3.77. The van der Waals surface area contributed by atoms with Gasteiger partial charge < -0.3 is 0 Å². The predicted octanol–water partition coefficient (Wildman–Crippen LogP) is 1.07. The van der Waals surface area contributed by atoms with Crippen LogP contribution in [0, 0.1) is 6.92 Å². The van der Waals surface area contributed by atoms with Crippen LogP contribution in [0.1, 0.15) is 11.1 Å². The summed E-state index contributed by atoms with van der Waals surface area (Å²) < 4.78 is 25.7. The zero-order valence-corrected chi connectivity index (χ0v) is 15.5. The summed E-state index contributed by atoms with van der Waals surface area (Å²) in [6.45, 7) is 1.45. The molecule has 0 radical (unpaired) electrons. The summed E-state index contributed by atoms with van der Waals surface area (Å²) in [6.07, 6.45) is 0.140. The van der Waals surface area contributed by atoms with Crippen molar-refractivity contribution in [2.45, 2.75) is 18.2 Å². The normalized spacial score (nSPS) is 11.3. The number of thiophene rings is 1. The summed E-state index contributed by atoms with van der Waals surface area (Å²) in [7, 11) is -2.46. The molecule has 0 unspecified atom stereocenters. The number of nitrogens with one attached hydrogen (secondary N) is 2. The first-order valence-corrected chi connectivity index (χ1v) is 9.79. The number of amides is 2. The van der Waals surface area contributed by atoms with Crippen molar-refractivity contribution in [1.82, 2.24) is 15.2 Å². The van der Waals surface area contributed by atoms with Gasteiger partial charge in [0.25, 0.3) is 5.91 Å². The van der Waals surface area contributed by atoms with Crippen LogP contribution in [-0.4, -0.2) is 38.1 Å². The van der Waals surface area contributed by atoms with Crippen molar-refractivity contribution in [3.05, 3.63) is 52.2 Å². The van der Waals surface area contributed by atoms with Crippen LogP contribution in [0.5, 0.6) is 0 Å². The molecule has 0 aliphatic heterocycles. The van der Waals surface area contributed by atoms with Gasteiger partial charge in [0.2, 0.25) is 15.9 Å². The van der Waals surface area contributed by atoms with Crippen molar-refractivity contribution in [2.75, 3.05) is 13.6 Å². The van der Waals surface area contributed by atoms with Crippen molar-refractivity contribution < 1.29 is 18.0 Å². The highest BCUT2D eigenvalue weighted by Gasteiger charge is 2.22. The first kappa shape index (κ1) is 19.1. The van der Waals surface area contributed by atoms with E-state index in [2.05, 4.69) is 10.9 Å². The number of hydrazine groups is 1. The minimum atomic E-state index is -3.77. The molecule has 9 heteroatoms. The smallest absolute Gasteiger partial charge is 0.253 e. The highest BCUT2D eigenvalue weighted by atomic mass is 32.2. The Labute approximate surface area is 150 Å². The zero-order valence-electron chi connectivity index (χ0n) is 13.9. The van der Waals surface area contributed by atoms with E-state index in [1.54, 1.807) is 12.1 Å². The maximum absolute atomic E-state index is 12.4. The van der Waals surface area contributed by atoms with E-state index in [0.29, 0.717) is 0 Å². The first-order chi connectivity index (χ1) is 11.8. The molecule has 134 valence electrons. The van der Waals surface area contributed by atoms with E-state index >= 15 is 0 Å². The van der Waals surface area contributed by atoms with E-state index in [0.717, 1.165) is 15.4 Å². The van der Waals surface area contributed by atoms with Gasteiger partial charge in [0.15, 0.2) is 0 Å². The summed E-state index contributed by atoms with van der Waals surface area (Å²) in [6, 6.07) is 8.16. The molecular formula is C16H19N3O4S2. The molecule has 0 aliphatic rings. The topological polar surface area (TPSA) is 95.6 Å². The molecule has 2 rings (SSSR count). The third-order valence-electron chi connectivity index (χ3n) is 3.38. The summed E-state index contributed by atoms with van der Waals surface area (Å²) in [5, 5.41) is 3.69. The Bertz CT molecular complexity index is 831. The minimum absolute atomic E-state index is 0.106. The summed E-state index contributed by atoms with van der Waals surface area (Å²) in [4.78, 5) is 23.7. The molecule has 2 amide bonds. The molecule has 0 spiro atoms. The van der Waals surface area contributed by atoms with Gasteiger partial charge in [-0.25, -0.2) is 8.42 Å². The van der Waals surface area contributed by atoms with Gasteiger partial charge in [0.05, 0.1) is 17.9 Å². The molecule has 0 fully saturated rings. The van der Waals surface area contributed by atoms with E-state index in [9.17, 15) is 18.0 Å². The molecule has 0 saturated carbocycles. The molecule has 0 atom stereocenters. The largest absolute Gasteiger partial charge is 0.273 e. The molecule has 0 saturated heterocycles. The number of aryl methyl sites for hydroxylation is 1. The Balaban J connectivity index is 1.86. The lowest BCUT2D eigenvalue weighted by molar-refractivity contribution is -0.128. The second kappa shape index (κ2) is 8.24. The van der Waals surface area contributed by atoms with Crippen LogP contribution in [0.2, 0.25) is 0 Å². The van der Waals surface area contributed by atoms with Crippen LogP contribution in [0.25, 0.3) is 0 Å². The SMILES string of the molecule is Cc1ccc(S(=O)(=O)N(C)CC(=O)NNC(=O)Cc2ccsc2)cc1. The van der Waals surface area contributed by atoms with Gasteiger partial charge in [-0.2, -0.15) is 15.6 Å². The van der Waals surface area contributed by atoms with Crippen LogP contribution in [0.15, 0.2) is 46.0 Å². The molecule has 7 nitrogen and oxygen atoms in total. The minimum Gasteiger partial charge on any atom is -0.273 e. The van der Waals surface area contributed by atoms with Crippen molar-refractivity contribution in [1.29, 1.82) is 0 Å². The fraction of sp³-hybridized carbons (Fsp3) is 0.250. The van der Waals surface area contributed by atoms with Crippen molar-refractivity contribution in [3.8, 4) is 0 Å². The van der Waals surface area contributed by atoms with Gasteiger partial charge in [-0.15, -0.1) is 0 Å². The van der Waals surface area contributed by atoms with Crippen LogP contribution in [0.4, 0.5) is 0 Å². The van der Waals surface area contributed by atoms with E-state index in [4.69, 9.17) is 0 Å². The van der Waals surface area contributed by atoms with Gasteiger partial charge in [-0.3, -0.25) is 20.4 Å². The highest BCUT2D eigenvalue weighted by Crippen LogP contribution is 2.14. The van der Waals surface area contributed by atoms with Gasteiger partial charge in [-0.05, 0) is 41.4 Å². The maximum Gasteiger partial charge on any atom is 0.253 e. The highest BCUT2D eigenvalue weighted by molar-refractivity contribution is 7.89. The molecule has 2 aromatic rings. The number of sulfonamides is 1. The molecule has 1 heterocycles. The van der Waals surface area contributed by atoms with Gasteiger partial charge >= 0.3 is 0 Å². The van der Waals surface area contributed by atoms with Gasteiger partial charge in [-0.1, -0.05) is 17.7 Å². The average molecular weight is 381 g/mol. The van der Waals surface area contributed by atoms with Crippen molar-refractivity contribution >= 4 is 33.2 Å². The van der Waals surface area contributed by atoms with Crippen LogP contribution in [0.3, 0.4) is 0 Å². The van der Waals surface area contributed by atoms with E-state index in [1.165, 1.54) is 30.5 Å². The third-order valence-corrected chi connectivity index (χ3v) is 5.93. The number of rotatable bonds is 6. The first-order valence-electron chi connectivity index (χ1n) is 7.41. The van der Waals surface area contributed by atoms with Crippen LogP contribution >= 0.6 is 11.3 Å². The Hall–Kier alpha value is -2.23. The molecule has 2 N–H and O–H groups in total. The van der Waals surface area contributed by atoms with E-state index in [1.807, 2.05) is 23.8 Å². The standard InChI is InChI=1S/C16H19N3O4S2/c1-12-3-5-14(6-4-12)25(22,23)19(2)10-16(21)18-17-15(20)9-13-7-8-24-11-13/h3-8,11H,9-10H2,1-2H3,(H,17,20)(H,18,21). The lowest BCUT2D eigenvalue weighted by Crippen LogP contribution is -2.47. The molecule has 25 heavy (non-hydrogen) atoms. The van der Waals surface area contributed by atoms with Crippen LogP contribution in [-0.2, 0) is 26.0 Å². The lowest BCUT2D eigenvalue weighted by Gasteiger charge is -2.17. The Kier molecular flexibility index (Phi) is 6.29. The third kappa shape index (κ3) is 5.38. The Morgan fingerprint density at radius 1 is 1.08 bits per heavy atom. The monoisotopic (exact) mass is 381 g/mol. The van der Waals surface area contributed by atoms with Crippen molar-refractivity contribution in [2.24, 2.45) is 0 Å². The average Bonchev–Trinajstić information content (AvgIpc) is 3.06. The molecule has 0 bridgehead atoms. The Morgan fingerprint density at radius 2 is 1.72 bits per heavy atom.